The standard InChI is InChI=1S/C16H15F3N2O3S/c1-9-13(14(23)20-8-7-12(22)24-2)25-15(21-9)10-3-5-11(6-4-10)16(17,18)19/h3-6H,7-8H2,1-2H3,(H,20,23). The quantitative estimate of drug-likeness (QED) is 0.817. The molecule has 1 aromatic carbocycles. The number of aromatic nitrogens is 1. The summed E-state index contributed by atoms with van der Waals surface area (Å²) in [6.07, 6.45) is -4.35. The highest BCUT2D eigenvalue weighted by Gasteiger charge is 2.30. The number of nitrogens with zero attached hydrogens (tertiary/aromatic N) is 1. The Balaban J connectivity index is 2.11. The molecule has 0 saturated carbocycles. The number of hydrogen-bond donors (Lipinski definition) is 1. The lowest BCUT2D eigenvalue weighted by atomic mass is 10.1. The number of alkyl halides is 3. The highest BCUT2D eigenvalue weighted by Crippen LogP contribution is 2.32. The first kappa shape index (κ1) is 18.9. The predicted molar refractivity (Wildman–Crippen MR) is 86.3 cm³/mol. The van der Waals surface area contributed by atoms with E-state index in [1.54, 1.807) is 6.92 Å². The Labute approximate surface area is 145 Å². The van der Waals surface area contributed by atoms with Crippen LogP contribution in [0.2, 0.25) is 0 Å². The summed E-state index contributed by atoms with van der Waals surface area (Å²) < 4.78 is 42.3. The zero-order valence-corrected chi connectivity index (χ0v) is 14.3. The van der Waals surface area contributed by atoms with Crippen molar-refractivity contribution in [2.24, 2.45) is 0 Å². The average molecular weight is 372 g/mol. The predicted octanol–water partition coefficient (Wildman–Crippen LogP) is 3.43. The van der Waals surface area contributed by atoms with E-state index >= 15 is 0 Å². The summed E-state index contributed by atoms with van der Waals surface area (Å²) in [5, 5.41) is 3.03. The summed E-state index contributed by atoms with van der Waals surface area (Å²) in [5.74, 6) is -0.830. The third-order valence-corrected chi connectivity index (χ3v) is 4.51. The van der Waals surface area contributed by atoms with Crippen LogP contribution in [0.3, 0.4) is 0 Å². The van der Waals surface area contributed by atoms with Gasteiger partial charge in [-0.3, -0.25) is 9.59 Å². The van der Waals surface area contributed by atoms with E-state index in [-0.39, 0.29) is 13.0 Å². The van der Waals surface area contributed by atoms with Crippen LogP contribution in [0, 0.1) is 6.92 Å². The molecule has 9 heteroatoms. The lowest BCUT2D eigenvalue weighted by Crippen LogP contribution is -2.26. The Hall–Kier alpha value is -2.42. The Bertz CT molecular complexity index is 770. The second-order valence-corrected chi connectivity index (χ2v) is 6.09. The van der Waals surface area contributed by atoms with Crippen molar-refractivity contribution in [1.82, 2.24) is 10.3 Å². The van der Waals surface area contributed by atoms with Crippen LogP contribution in [0.25, 0.3) is 10.6 Å². The van der Waals surface area contributed by atoms with Gasteiger partial charge in [-0.25, -0.2) is 4.98 Å². The van der Waals surface area contributed by atoms with Gasteiger partial charge in [0.2, 0.25) is 0 Å². The van der Waals surface area contributed by atoms with Crippen molar-refractivity contribution in [3.05, 3.63) is 40.4 Å². The molecule has 134 valence electrons. The van der Waals surface area contributed by atoms with Crippen LogP contribution in [0.5, 0.6) is 0 Å². The smallest absolute Gasteiger partial charge is 0.416 e. The van der Waals surface area contributed by atoms with Gasteiger partial charge in [0.15, 0.2) is 0 Å². The minimum absolute atomic E-state index is 0.0475. The molecule has 0 unspecified atom stereocenters. The van der Waals surface area contributed by atoms with Crippen molar-refractivity contribution in [3.8, 4) is 10.6 Å². The van der Waals surface area contributed by atoms with E-state index in [1.807, 2.05) is 0 Å². The number of nitrogens with one attached hydrogen (secondary N) is 1. The van der Waals surface area contributed by atoms with E-state index in [0.29, 0.717) is 21.1 Å². The summed E-state index contributed by atoms with van der Waals surface area (Å²) in [6.45, 7) is 1.76. The summed E-state index contributed by atoms with van der Waals surface area (Å²) >= 11 is 1.08. The molecule has 1 N–H and O–H groups in total. The van der Waals surface area contributed by atoms with Crippen LogP contribution >= 0.6 is 11.3 Å². The van der Waals surface area contributed by atoms with Crippen molar-refractivity contribution >= 4 is 23.2 Å². The number of esters is 1. The topological polar surface area (TPSA) is 68.3 Å². The fourth-order valence-corrected chi connectivity index (χ4v) is 2.98. The average Bonchev–Trinajstić information content (AvgIpc) is 2.95. The van der Waals surface area contributed by atoms with Crippen molar-refractivity contribution < 1.29 is 27.5 Å². The lowest BCUT2D eigenvalue weighted by molar-refractivity contribution is -0.140. The zero-order valence-electron chi connectivity index (χ0n) is 13.4. The van der Waals surface area contributed by atoms with E-state index in [4.69, 9.17) is 0 Å². The number of benzene rings is 1. The maximum absolute atomic E-state index is 12.6. The Morgan fingerprint density at radius 3 is 2.44 bits per heavy atom. The third-order valence-electron chi connectivity index (χ3n) is 3.30. The molecule has 0 aliphatic heterocycles. The minimum atomic E-state index is -4.40. The van der Waals surface area contributed by atoms with Crippen LogP contribution < -0.4 is 5.32 Å². The summed E-state index contributed by atoms with van der Waals surface area (Å²) in [6, 6.07) is 4.59. The van der Waals surface area contributed by atoms with E-state index in [0.717, 1.165) is 23.5 Å². The number of methoxy groups -OCH3 is 1. The molecule has 0 atom stereocenters. The van der Waals surface area contributed by atoms with Gasteiger partial charge in [-0.05, 0) is 19.1 Å². The lowest BCUT2D eigenvalue weighted by Gasteiger charge is -2.06. The maximum Gasteiger partial charge on any atom is 0.416 e. The monoisotopic (exact) mass is 372 g/mol. The van der Waals surface area contributed by atoms with E-state index < -0.39 is 23.6 Å². The molecule has 0 aliphatic carbocycles. The molecule has 1 heterocycles. The highest BCUT2D eigenvalue weighted by molar-refractivity contribution is 7.17. The number of amides is 1. The SMILES string of the molecule is COC(=O)CCNC(=O)c1sc(-c2ccc(C(F)(F)F)cc2)nc1C. The first-order valence-corrected chi connectivity index (χ1v) is 8.04. The number of carbonyl (C=O) groups excluding carboxylic acids is 2. The van der Waals surface area contributed by atoms with Crippen LogP contribution in [-0.4, -0.2) is 30.5 Å². The van der Waals surface area contributed by atoms with Gasteiger partial charge in [0.1, 0.15) is 9.88 Å². The first-order chi connectivity index (χ1) is 11.7. The van der Waals surface area contributed by atoms with Gasteiger partial charge >= 0.3 is 12.1 Å². The maximum atomic E-state index is 12.6. The molecule has 1 amide bonds. The zero-order chi connectivity index (χ0) is 18.6. The van der Waals surface area contributed by atoms with E-state index in [9.17, 15) is 22.8 Å². The van der Waals surface area contributed by atoms with Crippen molar-refractivity contribution in [2.45, 2.75) is 19.5 Å². The van der Waals surface area contributed by atoms with Crippen LogP contribution in [0.1, 0.15) is 27.3 Å². The van der Waals surface area contributed by atoms with Gasteiger partial charge in [-0.15, -0.1) is 11.3 Å². The molecule has 0 radical (unpaired) electrons. The molecule has 5 nitrogen and oxygen atoms in total. The van der Waals surface area contributed by atoms with Crippen LogP contribution in [0.4, 0.5) is 13.2 Å². The van der Waals surface area contributed by atoms with Gasteiger partial charge in [-0.2, -0.15) is 13.2 Å². The van der Waals surface area contributed by atoms with E-state index in [1.165, 1.54) is 19.2 Å². The Morgan fingerprint density at radius 1 is 1.24 bits per heavy atom. The van der Waals surface area contributed by atoms with Gasteiger partial charge in [0.05, 0.1) is 24.8 Å². The molecule has 0 saturated heterocycles. The van der Waals surface area contributed by atoms with Gasteiger partial charge in [0.25, 0.3) is 5.91 Å². The number of hydrogen-bond acceptors (Lipinski definition) is 5. The largest absolute Gasteiger partial charge is 0.469 e. The normalized spacial score (nSPS) is 11.2. The van der Waals surface area contributed by atoms with Gasteiger partial charge < -0.3 is 10.1 Å². The Kier molecular flexibility index (Phi) is 5.78. The number of carbonyl (C=O) groups is 2. The first-order valence-electron chi connectivity index (χ1n) is 7.22. The van der Waals surface area contributed by atoms with Crippen molar-refractivity contribution in [1.29, 1.82) is 0 Å². The molecule has 25 heavy (non-hydrogen) atoms. The number of halogens is 3. The fraction of sp³-hybridized carbons (Fsp3) is 0.312. The van der Waals surface area contributed by atoms with Crippen molar-refractivity contribution in [2.75, 3.05) is 13.7 Å². The summed E-state index contributed by atoms with van der Waals surface area (Å²) in [7, 11) is 1.26. The molecule has 2 aromatic rings. The Morgan fingerprint density at radius 2 is 1.88 bits per heavy atom. The molecule has 0 spiro atoms. The number of ether oxygens (including phenoxy) is 1. The number of rotatable bonds is 5. The number of thiazole rings is 1. The number of aryl methyl sites for hydroxylation is 1. The molecular formula is C16H15F3N2O3S. The molecule has 1 aromatic heterocycles. The molecule has 0 fully saturated rings. The van der Waals surface area contributed by atoms with E-state index in [2.05, 4.69) is 15.0 Å². The molecule has 0 aliphatic rings. The summed E-state index contributed by atoms with van der Waals surface area (Å²) in [4.78, 5) is 27.7. The third kappa shape index (κ3) is 4.79. The second kappa shape index (κ2) is 7.64. The molecular weight excluding hydrogens is 357 g/mol. The molecule has 2 rings (SSSR count). The van der Waals surface area contributed by atoms with Gasteiger partial charge in [-0.1, -0.05) is 12.1 Å². The van der Waals surface area contributed by atoms with Crippen LogP contribution in [-0.2, 0) is 15.7 Å². The van der Waals surface area contributed by atoms with Crippen molar-refractivity contribution in [3.63, 3.8) is 0 Å². The molecule has 0 bridgehead atoms. The van der Waals surface area contributed by atoms with Crippen LogP contribution in [0.15, 0.2) is 24.3 Å². The minimum Gasteiger partial charge on any atom is -0.469 e. The second-order valence-electron chi connectivity index (χ2n) is 5.09. The van der Waals surface area contributed by atoms with Gasteiger partial charge in [0, 0.05) is 12.1 Å². The summed E-state index contributed by atoms with van der Waals surface area (Å²) in [5.41, 5.74) is 0.218. The fourth-order valence-electron chi connectivity index (χ4n) is 1.99. The highest BCUT2D eigenvalue weighted by atomic mass is 32.1.